The predicted molar refractivity (Wildman–Crippen MR) is 119 cm³/mol. The normalized spacial score (nSPS) is 15.9. The van der Waals surface area contributed by atoms with Gasteiger partial charge in [0.2, 0.25) is 11.8 Å². The number of carbonyl (C=O) groups is 2. The van der Waals surface area contributed by atoms with Crippen LogP contribution in [0.25, 0.3) is 22.6 Å². The molecule has 31 heavy (non-hydrogen) atoms. The number of fused-ring (bicyclic) bond motifs is 1. The van der Waals surface area contributed by atoms with Gasteiger partial charge in [-0.3, -0.25) is 9.59 Å². The highest BCUT2D eigenvalue weighted by Gasteiger charge is 2.34. The molecule has 0 bridgehead atoms. The molecule has 1 aliphatic rings. The Morgan fingerprint density at radius 2 is 1.68 bits per heavy atom. The van der Waals surface area contributed by atoms with Gasteiger partial charge in [-0.05, 0) is 61.4 Å². The van der Waals surface area contributed by atoms with Crippen molar-refractivity contribution in [1.29, 1.82) is 0 Å². The standard InChI is InChI=1S/C25H21N3O3/c29-23(21-10-6-16-28(21)25(30)18-7-2-1-3-8-18)26-19-14-12-17(13-15-19)24-27-20-9-4-5-11-22(20)31-24/h1-5,7-9,11-15,21H,6,10,16H2,(H,26,29)/t21-/m0/s1. The van der Waals surface area contributed by atoms with Gasteiger partial charge in [-0.15, -0.1) is 0 Å². The Morgan fingerprint density at radius 1 is 0.935 bits per heavy atom. The van der Waals surface area contributed by atoms with Crippen LogP contribution >= 0.6 is 0 Å². The van der Waals surface area contributed by atoms with E-state index >= 15 is 0 Å². The molecule has 0 aliphatic carbocycles. The number of amides is 2. The van der Waals surface area contributed by atoms with E-state index in [1.54, 1.807) is 17.0 Å². The Labute approximate surface area is 179 Å². The van der Waals surface area contributed by atoms with Gasteiger partial charge in [-0.2, -0.15) is 0 Å². The molecule has 6 nitrogen and oxygen atoms in total. The second kappa shape index (κ2) is 8.07. The first-order chi connectivity index (χ1) is 15.2. The summed E-state index contributed by atoms with van der Waals surface area (Å²) >= 11 is 0. The van der Waals surface area contributed by atoms with Crippen LogP contribution in [0.3, 0.4) is 0 Å². The summed E-state index contributed by atoms with van der Waals surface area (Å²) in [6.07, 6.45) is 1.47. The lowest BCUT2D eigenvalue weighted by atomic mass is 10.1. The first-order valence-corrected chi connectivity index (χ1v) is 10.3. The van der Waals surface area contributed by atoms with Crippen molar-refractivity contribution in [2.24, 2.45) is 0 Å². The zero-order chi connectivity index (χ0) is 21.2. The van der Waals surface area contributed by atoms with Crippen LogP contribution in [0, 0.1) is 0 Å². The largest absolute Gasteiger partial charge is 0.436 e. The molecule has 1 aliphatic heterocycles. The van der Waals surface area contributed by atoms with E-state index in [1.165, 1.54) is 0 Å². The third-order valence-corrected chi connectivity index (χ3v) is 5.53. The van der Waals surface area contributed by atoms with Crippen molar-refractivity contribution in [1.82, 2.24) is 9.88 Å². The average Bonchev–Trinajstić information content (AvgIpc) is 3.47. The Hall–Kier alpha value is -3.93. The monoisotopic (exact) mass is 411 g/mol. The molecule has 1 atom stereocenters. The molecule has 2 amide bonds. The van der Waals surface area contributed by atoms with Crippen LogP contribution in [0.2, 0.25) is 0 Å². The SMILES string of the molecule is O=C(Nc1ccc(-c2nc3ccccc3o2)cc1)[C@@H]1CCCN1C(=O)c1ccccc1. The zero-order valence-corrected chi connectivity index (χ0v) is 16.8. The van der Waals surface area contributed by atoms with Crippen LogP contribution in [-0.2, 0) is 4.79 Å². The molecule has 6 heteroatoms. The van der Waals surface area contributed by atoms with Gasteiger partial charge >= 0.3 is 0 Å². The van der Waals surface area contributed by atoms with E-state index in [1.807, 2.05) is 66.7 Å². The highest BCUT2D eigenvalue weighted by Crippen LogP contribution is 2.26. The van der Waals surface area contributed by atoms with Crippen LogP contribution < -0.4 is 5.32 Å². The number of nitrogens with one attached hydrogen (secondary N) is 1. The van der Waals surface area contributed by atoms with Gasteiger partial charge in [0.25, 0.3) is 5.91 Å². The average molecular weight is 411 g/mol. The summed E-state index contributed by atoms with van der Waals surface area (Å²) in [6.45, 7) is 0.586. The second-order valence-electron chi connectivity index (χ2n) is 7.58. The van der Waals surface area contributed by atoms with E-state index in [4.69, 9.17) is 4.42 Å². The molecule has 5 rings (SSSR count). The van der Waals surface area contributed by atoms with Crippen LogP contribution in [0.15, 0.2) is 83.3 Å². The Kier molecular flexibility index (Phi) is 4.96. The van der Waals surface area contributed by atoms with Crippen molar-refractivity contribution < 1.29 is 14.0 Å². The molecule has 1 fully saturated rings. The number of aromatic nitrogens is 1. The summed E-state index contributed by atoms with van der Waals surface area (Å²) < 4.78 is 5.80. The Bertz CT molecular complexity index is 1200. The lowest BCUT2D eigenvalue weighted by Crippen LogP contribution is -2.43. The van der Waals surface area contributed by atoms with Crippen molar-refractivity contribution >= 4 is 28.6 Å². The minimum absolute atomic E-state index is 0.107. The first kappa shape index (κ1) is 19.1. The molecule has 0 radical (unpaired) electrons. The minimum Gasteiger partial charge on any atom is -0.436 e. The van der Waals surface area contributed by atoms with Crippen molar-refractivity contribution in [2.45, 2.75) is 18.9 Å². The maximum atomic E-state index is 12.9. The quantitative estimate of drug-likeness (QED) is 0.526. The second-order valence-corrected chi connectivity index (χ2v) is 7.58. The molecule has 0 spiro atoms. The molecule has 1 N–H and O–H groups in total. The van der Waals surface area contributed by atoms with Crippen molar-refractivity contribution in [3.8, 4) is 11.5 Å². The van der Waals surface area contributed by atoms with Crippen molar-refractivity contribution in [3.05, 3.63) is 84.4 Å². The van der Waals surface area contributed by atoms with Gasteiger partial charge in [0, 0.05) is 23.4 Å². The number of para-hydroxylation sites is 2. The summed E-state index contributed by atoms with van der Waals surface area (Å²) in [6, 6.07) is 23.6. The number of hydrogen-bond donors (Lipinski definition) is 1. The summed E-state index contributed by atoms with van der Waals surface area (Å²) in [5, 5.41) is 2.94. The Balaban J connectivity index is 1.29. The minimum atomic E-state index is -0.468. The fraction of sp³-hybridized carbons (Fsp3) is 0.160. The number of oxazole rings is 1. The molecule has 2 heterocycles. The van der Waals surface area contributed by atoms with Gasteiger partial charge in [0.1, 0.15) is 11.6 Å². The smallest absolute Gasteiger partial charge is 0.254 e. The van der Waals surface area contributed by atoms with Gasteiger partial charge < -0.3 is 14.6 Å². The topological polar surface area (TPSA) is 75.4 Å². The summed E-state index contributed by atoms with van der Waals surface area (Å²) in [7, 11) is 0. The van der Waals surface area contributed by atoms with Crippen molar-refractivity contribution in [2.75, 3.05) is 11.9 Å². The van der Waals surface area contributed by atoms with E-state index in [0.29, 0.717) is 30.1 Å². The van der Waals surface area contributed by atoms with Gasteiger partial charge in [-0.25, -0.2) is 4.98 Å². The predicted octanol–water partition coefficient (Wildman–Crippen LogP) is 4.74. The lowest BCUT2D eigenvalue weighted by molar-refractivity contribution is -0.119. The first-order valence-electron chi connectivity index (χ1n) is 10.3. The molecular weight excluding hydrogens is 390 g/mol. The summed E-state index contributed by atoms with van der Waals surface area (Å²) in [5.41, 5.74) is 3.64. The van der Waals surface area contributed by atoms with Crippen LogP contribution in [0.4, 0.5) is 5.69 Å². The van der Waals surface area contributed by atoms with E-state index in [2.05, 4.69) is 10.3 Å². The number of likely N-dealkylation sites (tertiary alicyclic amines) is 1. The number of carbonyl (C=O) groups excluding carboxylic acids is 2. The third kappa shape index (κ3) is 3.80. The highest BCUT2D eigenvalue weighted by atomic mass is 16.3. The number of hydrogen-bond acceptors (Lipinski definition) is 4. The molecule has 154 valence electrons. The number of anilines is 1. The van der Waals surface area contributed by atoms with Crippen LogP contribution in [0.1, 0.15) is 23.2 Å². The molecule has 1 aromatic heterocycles. The lowest BCUT2D eigenvalue weighted by Gasteiger charge is -2.24. The number of benzene rings is 3. The van der Waals surface area contributed by atoms with Crippen LogP contribution in [0.5, 0.6) is 0 Å². The summed E-state index contributed by atoms with van der Waals surface area (Å²) in [5.74, 6) is 0.260. The maximum Gasteiger partial charge on any atom is 0.254 e. The molecule has 0 saturated carbocycles. The van der Waals surface area contributed by atoms with E-state index in [-0.39, 0.29) is 11.8 Å². The third-order valence-electron chi connectivity index (χ3n) is 5.53. The van der Waals surface area contributed by atoms with Crippen LogP contribution in [-0.4, -0.2) is 34.3 Å². The number of rotatable bonds is 4. The van der Waals surface area contributed by atoms with Gasteiger partial charge in [0.05, 0.1) is 0 Å². The Morgan fingerprint density at radius 3 is 2.45 bits per heavy atom. The molecule has 0 unspecified atom stereocenters. The zero-order valence-electron chi connectivity index (χ0n) is 16.8. The molecule has 4 aromatic rings. The summed E-state index contributed by atoms with van der Waals surface area (Å²) in [4.78, 5) is 31.9. The van der Waals surface area contributed by atoms with E-state index < -0.39 is 6.04 Å². The molecule has 1 saturated heterocycles. The fourth-order valence-corrected chi connectivity index (χ4v) is 3.95. The number of nitrogens with zero attached hydrogens (tertiary/aromatic N) is 2. The van der Waals surface area contributed by atoms with Gasteiger partial charge in [0.15, 0.2) is 5.58 Å². The molecular formula is C25H21N3O3. The van der Waals surface area contributed by atoms with Crippen molar-refractivity contribution in [3.63, 3.8) is 0 Å². The van der Waals surface area contributed by atoms with E-state index in [0.717, 1.165) is 23.1 Å². The molecule has 3 aromatic carbocycles. The fourth-order valence-electron chi connectivity index (χ4n) is 3.95. The maximum absolute atomic E-state index is 12.9. The highest BCUT2D eigenvalue weighted by molar-refractivity contribution is 6.01. The van der Waals surface area contributed by atoms with E-state index in [9.17, 15) is 9.59 Å². The van der Waals surface area contributed by atoms with Gasteiger partial charge in [-0.1, -0.05) is 30.3 Å².